The van der Waals surface area contributed by atoms with Crippen LogP contribution >= 0.6 is 0 Å². The number of hydrogen-bond acceptors (Lipinski definition) is 3. The monoisotopic (exact) mass is 314 g/mol. The predicted octanol–water partition coefficient (Wildman–Crippen LogP) is 1.29. The van der Waals surface area contributed by atoms with Gasteiger partial charge in [-0.05, 0) is 43.5 Å². The molecule has 0 aliphatic carbocycles. The Kier molecular flexibility index (Phi) is 4.63. The molecule has 0 aromatic heterocycles. The van der Waals surface area contributed by atoms with Gasteiger partial charge in [0.2, 0.25) is 10.0 Å². The fraction of sp³-hybridized carbons (Fsp3) is 0.500. The van der Waals surface area contributed by atoms with Crippen molar-refractivity contribution in [1.82, 2.24) is 9.62 Å². The van der Waals surface area contributed by atoms with Crippen molar-refractivity contribution in [1.29, 1.82) is 0 Å². The SMILES string of the molecule is Cc1cc(C(=O)NC2CCN(S(C)(=O)=O)CC2)ccc1F. The van der Waals surface area contributed by atoms with Gasteiger partial charge in [0.25, 0.3) is 5.91 Å². The van der Waals surface area contributed by atoms with Crippen LogP contribution < -0.4 is 5.32 Å². The van der Waals surface area contributed by atoms with Crippen LogP contribution in [0.15, 0.2) is 18.2 Å². The fourth-order valence-corrected chi connectivity index (χ4v) is 3.26. The highest BCUT2D eigenvalue weighted by Gasteiger charge is 2.25. The van der Waals surface area contributed by atoms with Gasteiger partial charge in [0.05, 0.1) is 6.26 Å². The maximum atomic E-state index is 13.2. The summed E-state index contributed by atoms with van der Waals surface area (Å²) >= 11 is 0. The molecule has 116 valence electrons. The van der Waals surface area contributed by atoms with Crippen LogP contribution in [0, 0.1) is 12.7 Å². The zero-order valence-corrected chi connectivity index (χ0v) is 12.9. The highest BCUT2D eigenvalue weighted by Crippen LogP contribution is 2.15. The number of piperidine rings is 1. The molecule has 1 heterocycles. The Bertz CT molecular complexity index is 638. The molecule has 1 N–H and O–H groups in total. The molecule has 0 atom stereocenters. The largest absolute Gasteiger partial charge is 0.349 e. The van der Waals surface area contributed by atoms with Crippen LogP contribution in [0.4, 0.5) is 4.39 Å². The molecular formula is C14H19FN2O3S. The molecule has 1 fully saturated rings. The maximum Gasteiger partial charge on any atom is 0.251 e. The summed E-state index contributed by atoms with van der Waals surface area (Å²) in [7, 11) is -3.16. The summed E-state index contributed by atoms with van der Waals surface area (Å²) in [6.45, 7) is 2.43. The predicted molar refractivity (Wildman–Crippen MR) is 78.0 cm³/mol. The lowest BCUT2D eigenvalue weighted by atomic mass is 10.1. The summed E-state index contributed by atoms with van der Waals surface area (Å²) in [6.07, 6.45) is 2.35. The number of sulfonamides is 1. The number of carbonyl (C=O) groups is 1. The Morgan fingerprint density at radius 1 is 1.33 bits per heavy atom. The second kappa shape index (κ2) is 6.11. The van der Waals surface area contributed by atoms with Crippen LogP contribution in [0.3, 0.4) is 0 Å². The molecule has 2 rings (SSSR count). The van der Waals surface area contributed by atoms with E-state index in [0.29, 0.717) is 37.1 Å². The summed E-state index contributed by atoms with van der Waals surface area (Å²) in [5.41, 5.74) is 0.842. The van der Waals surface area contributed by atoms with Gasteiger partial charge in [0.15, 0.2) is 0 Å². The molecule has 0 radical (unpaired) electrons. The van der Waals surface area contributed by atoms with Crippen LogP contribution in [0.2, 0.25) is 0 Å². The van der Waals surface area contributed by atoms with E-state index in [0.717, 1.165) is 0 Å². The number of hydrogen-bond donors (Lipinski definition) is 1. The molecule has 1 aromatic rings. The topological polar surface area (TPSA) is 66.5 Å². The molecule has 1 aliphatic heterocycles. The Balaban J connectivity index is 1.94. The van der Waals surface area contributed by atoms with E-state index >= 15 is 0 Å². The first-order chi connectivity index (χ1) is 9.77. The van der Waals surface area contributed by atoms with Crippen molar-refractivity contribution in [2.75, 3.05) is 19.3 Å². The van der Waals surface area contributed by atoms with Crippen molar-refractivity contribution in [3.63, 3.8) is 0 Å². The molecule has 5 nitrogen and oxygen atoms in total. The lowest BCUT2D eigenvalue weighted by molar-refractivity contribution is 0.0924. The van der Waals surface area contributed by atoms with E-state index < -0.39 is 10.0 Å². The molecule has 1 aromatic carbocycles. The third-order valence-corrected chi connectivity index (χ3v) is 4.98. The first kappa shape index (κ1) is 15.9. The van der Waals surface area contributed by atoms with Gasteiger partial charge in [-0.15, -0.1) is 0 Å². The number of carbonyl (C=O) groups excluding carboxylic acids is 1. The lowest BCUT2D eigenvalue weighted by Gasteiger charge is -2.30. The Morgan fingerprint density at radius 3 is 2.48 bits per heavy atom. The number of rotatable bonds is 3. The number of nitrogens with zero attached hydrogens (tertiary/aromatic N) is 1. The molecule has 0 saturated carbocycles. The van der Waals surface area contributed by atoms with Gasteiger partial charge < -0.3 is 5.32 Å². The van der Waals surface area contributed by atoms with Crippen LogP contribution in [-0.4, -0.2) is 44.0 Å². The Morgan fingerprint density at radius 2 is 1.95 bits per heavy atom. The van der Waals surface area contributed by atoms with Gasteiger partial charge in [-0.25, -0.2) is 17.1 Å². The fourth-order valence-electron chi connectivity index (χ4n) is 2.39. The van der Waals surface area contributed by atoms with E-state index in [9.17, 15) is 17.6 Å². The summed E-state index contributed by atoms with van der Waals surface area (Å²) in [6, 6.07) is 4.18. The van der Waals surface area contributed by atoms with E-state index in [4.69, 9.17) is 0 Å². The van der Waals surface area contributed by atoms with Gasteiger partial charge in [-0.2, -0.15) is 0 Å². The van der Waals surface area contributed by atoms with E-state index in [1.165, 1.54) is 28.8 Å². The quantitative estimate of drug-likeness (QED) is 0.914. The number of benzene rings is 1. The third-order valence-electron chi connectivity index (χ3n) is 3.68. The molecule has 0 spiro atoms. The zero-order chi connectivity index (χ0) is 15.6. The summed E-state index contributed by atoms with van der Waals surface area (Å²) in [5.74, 6) is -0.594. The van der Waals surface area contributed by atoms with E-state index in [2.05, 4.69) is 5.32 Å². The van der Waals surface area contributed by atoms with E-state index in [1.807, 2.05) is 0 Å². The minimum Gasteiger partial charge on any atom is -0.349 e. The zero-order valence-electron chi connectivity index (χ0n) is 12.1. The molecule has 7 heteroatoms. The maximum absolute atomic E-state index is 13.2. The molecule has 21 heavy (non-hydrogen) atoms. The van der Waals surface area contributed by atoms with Crippen LogP contribution in [0.25, 0.3) is 0 Å². The lowest BCUT2D eigenvalue weighted by Crippen LogP contribution is -2.46. The first-order valence-corrected chi connectivity index (χ1v) is 8.64. The minimum atomic E-state index is -3.16. The van der Waals surface area contributed by atoms with Crippen LogP contribution in [-0.2, 0) is 10.0 Å². The Labute approximate surface area is 124 Å². The van der Waals surface area contributed by atoms with Gasteiger partial charge in [0, 0.05) is 24.7 Å². The smallest absolute Gasteiger partial charge is 0.251 e. The van der Waals surface area contributed by atoms with Gasteiger partial charge >= 0.3 is 0 Å². The molecular weight excluding hydrogens is 295 g/mol. The van der Waals surface area contributed by atoms with Crippen LogP contribution in [0.1, 0.15) is 28.8 Å². The number of halogens is 1. The molecule has 1 amide bonds. The highest BCUT2D eigenvalue weighted by atomic mass is 32.2. The standard InChI is InChI=1S/C14H19FN2O3S/c1-10-9-11(3-4-13(10)15)14(18)16-12-5-7-17(8-6-12)21(2,19)20/h3-4,9,12H,5-8H2,1-2H3,(H,16,18). The average molecular weight is 314 g/mol. The minimum absolute atomic E-state index is 0.0548. The average Bonchev–Trinajstić information content (AvgIpc) is 2.41. The second-order valence-electron chi connectivity index (χ2n) is 5.37. The van der Waals surface area contributed by atoms with Crippen molar-refractivity contribution < 1.29 is 17.6 Å². The highest BCUT2D eigenvalue weighted by molar-refractivity contribution is 7.88. The summed E-state index contributed by atoms with van der Waals surface area (Å²) in [5, 5.41) is 2.87. The van der Waals surface area contributed by atoms with Crippen molar-refractivity contribution in [2.45, 2.75) is 25.8 Å². The number of amides is 1. The van der Waals surface area contributed by atoms with E-state index in [1.54, 1.807) is 6.92 Å². The van der Waals surface area contributed by atoms with Gasteiger partial charge in [0.1, 0.15) is 5.82 Å². The Hall–Kier alpha value is -1.47. The van der Waals surface area contributed by atoms with Crippen molar-refractivity contribution in [3.8, 4) is 0 Å². The van der Waals surface area contributed by atoms with Gasteiger partial charge in [-0.1, -0.05) is 0 Å². The van der Waals surface area contributed by atoms with E-state index in [-0.39, 0.29) is 17.8 Å². The molecule has 1 aliphatic rings. The summed E-state index contributed by atoms with van der Waals surface area (Å²) in [4.78, 5) is 12.1. The molecule has 0 unspecified atom stereocenters. The van der Waals surface area contributed by atoms with Crippen molar-refractivity contribution in [3.05, 3.63) is 35.1 Å². The van der Waals surface area contributed by atoms with Crippen molar-refractivity contribution >= 4 is 15.9 Å². The number of aryl methyl sites for hydroxylation is 1. The normalized spacial score (nSPS) is 17.7. The molecule has 1 saturated heterocycles. The number of nitrogens with one attached hydrogen (secondary N) is 1. The van der Waals surface area contributed by atoms with Crippen molar-refractivity contribution in [2.24, 2.45) is 0 Å². The second-order valence-corrected chi connectivity index (χ2v) is 7.36. The first-order valence-electron chi connectivity index (χ1n) is 6.79. The van der Waals surface area contributed by atoms with Gasteiger partial charge in [-0.3, -0.25) is 4.79 Å². The summed E-state index contributed by atoms with van der Waals surface area (Å²) < 4.78 is 37.4. The third kappa shape index (κ3) is 4.01. The van der Waals surface area contributed by atoms with Crippen LogP contribution in [0.5, 0.6) is 0 Å². The molecule has 0 bridgehead atoms.